The van der Waals surface area contributed by atoms with E-state index in [0.29, 0.717) is 17.9 Å². The van der Waals surface area contributed by atoms with Crippen molar-refractivity contribution in [3.63, 3.8) is 0 Å². The van der Waals surface area contributed by atoms with E-state index in [1.807, 2.05) is 30.3 Å². The molecule has 4 heteroatoms. The average molecular weight is 370 g/mol. The molecule has 0 bridgehead atoms. The molecule has 2 aromatic carbocycles. The van der Waals surface area contributed by atoms with E-state index in [0.717, 1.165) is 12.2 Å². The first kappa shape index (κ1) is 20.8. The van der Waals surface area contributed by atoms with Gasteiger partial charge >= 0.3 is 5.97 Å². The van der Waals surface area contributed by atoms with Crippen LogP contribution in [0.15, 0.2) is 54.6 Å². The van der Waals surface area contributed by atoms with Gasteiger partial charge in [0.15, 0.2) is 0 Å². The molecule has 27 heavy (non-hydrogen) atoms. The number of carbonyl (C=O) groups excluding carboxylic acids is 1. The molecule has 0 fully saturated rings. The van der Waals surface area contributed by atoms with Gasteiger partial charge in [-0.2, -0.15) is 0 Å². The molecule has 0 aliphatic rings. The van der Waals surface area contributed by atoms with Gasteiger partial charge in [0, 0.05) is 6.07 Å². The molecule has 0 amide bonds. The number of unbranched alkanes of at least 4 members (excludes halogenated alkanes) is 7. The van der Waals surface area contributed by atoms with Crippen molar-refractivity contribution in [1.82, 2.24) is 0 Å². The molecule has 2 rings (SSSR count). The predicted octanol–water partition coefficient (Wildman–Crippen LogP) is 6.39. The monoisotopic (exact) mass is 369 g/mol. The number of ether oxygens (including phenoxy) is 1. The Hall–Kier alpha value is -2.49. The van der Waals surface area contributed by atoms with Gasteiger partial charge in [0.25, 0.3) is 0 Å². The van der Waals surface area contributed by atoms with Gasteiger partial charge in [-0.05, 0) is 30.7 Å². The van der Waals surface area contributed by atoms with Gasteiger partial charge in [0.2, 0.25) is 0 Å². The van der Waals surface area contributed by atoms with Crippen LogP contribution < -0.4 is 10.2 Å². The molecule has 0 radical (unpaired) electrons. The first-order valence-corrected chi connectivity index (χ1v) is 10.0. The Labute approximate surface area is 162 Å². The maximum absolute atomic E-state index is 11.9. The van der Waals surface area contributed by atoms with Crippen LogP contribution >= 0.6 is 0 Å². The van der Waals surface area contributed by atoms with E-state index >= 15 is 0 Å². The first-order chi connectivity index (χ1) is 13.3. The lowest BCUT2D eigenvalue weighted by molar-refractivity contribution is 0.0596. The number of rotatable bonds is 13. The molecule has 0 spiro atoms. The van der Waals surface area contributed by atoms with Crippen molar-refractivity contribution in [1.29, 1.82) is 0 Å². The van der Waals surface area contributed by atoms with E-state index < -0.39 is 5.97 Å². The molecule has 0 aromatic heterocycles. The predicted molar refractivity (Wildman–Crippen MR) is 110 cm³/mol. The average Bonchev–Trinajstić information content (AvgIpc) is 2.72. The highest BCUT2D eigenvalue weighted by molar-refractivity contribution is 5.89. The summed E-state index contributed by atoms with van der Waals surface area (Å²) in [5.41, 5.74) is 3.88. The summed E-state index contributed by atoms with van der Waals surface area (Å²) >= 11 is 0. The number of hydrogen-bond acceptors (Lipinski definition) is 4. The second kappa shape index (κ2) is 12.8. The molecule has 146 valence electrons. The molecule has 2 aromatic rings. The summed E-state index contributed by atoms with van der Waals surface area (Å²) in [6.07, 6.45) is 10.2. The molecule has 0 saturated heterocycles. The van der Waals surface area contributed by atoms with Gasteiger partial charge in [-0.15, -0.1) is 0 Å². The van der Waals surface area contributed by atoms with Crippen LogP contribution in [0.5, 0.6) is 5.75 Å². The molecule has 0 atom stereocenters. The van der Waals surface area contributed by atoms with Gasteiger partial charge in [0.1, 0.15) is 5.75 Å². The largest absolute Gasteiger partial charge is 0.494 e. The highest BCUT2D eigenvalue weighted by Gasteiger charge is 2.06. The number of carbonyl (C=O) groups is 1. The molecular weight excluding hydrogens is 338 g/mol. The van der Waals surface area contributed by atoms with Crippen molar-refractivity contribution in [2.45, 2.75) is 58.3 Å². The standard InChI is InChI=1S/C23H31NO3/c1-2-3-4-5-6-7-8-12-18-26-22-17-13-16-21(19-22)24-27-23(25)20-14-10-9-11-15-20/h9-11,13-17,19,24H,2-8,12,18H2,1H3. The molecule has 4 nitrogen and oxygen atoms in total. The van der Waals surface area contributed by atoms with Gasteiger partial charge in [-0.1, -0.05) is 76.1 Å². The normalized spacial score (nSPS) is 10.4. The zero-order valence-corrected chi connectivity index (χ0v) is 16.3. The van der Waals surface area contributed by atoms with Crippen molar-refractivity contribution in [3.8, 4) is 5.75 Å². The van der Waals surface area contributed by atoms with Gasteiger partial charge < -0.3 is 9.57 Å². The zero-order chi connectivity index (χ0) is 19.2. The lowest BCUT2D eigenvalue weighted by atomic mass is 10.1. The fraction of sp³-hybridized carbons (Fsp3) is 0.435. The molecule has 1 N–H and O–H groups in total. The smallest absolute Gasteiger partial charge is 0.362 e. The van der Waals surface area contributed by atoms with Crippen molar-refractivity contribution < 1.29 is 14.4 Å². The maximum Gasteiger partial charge on any atom is 0.362 e. The molecule has 0 aliphatic carbocycles. The van der Waals surface area contributed by atoms with Crippen LogP contribution in [0.3, 0.4) is 0 Å². The Morgan fingerprint density at radius 1 is 0.852 bits per heavy atom. The summed E-state index contributed by atoms with van der Waals surface area (Å²) in [5, 5.41) is 0. The Morgan fingerprint density at radius 3 is 2.30 bits per heavy atom. The van der Waals surface area contributed by atoms with Crippen LogP contribution in [0.4, 0.5) is 5.69 Å². The quantitative estimate of drug-likeness (QED) is 0.328. The highest BCUT2D eigenvalue weighted by atomic mass is 16.7. The third kappa shape index (κ3) is 8.63. The SMILES string of the molecule is CCCCCCCCCCOc1cccc(NOC(=O)c2ccccc2)c1. The van der Waals surface area contributed by atoms with E-state index in [4.69, 9.17) is 9.57 Å². The van der Waals surface area contributed by atoms with Crippen LogP contribution in [0.1, 0.15) is 68.6 Å². The van der Waals surface area contributed by atoms with E-state index in [1.165, 1.54) is 44.9 Å². The number of hydrogen-bond donors (Lipinski definition) is 1. The Balaban J connectivity index is 1.63. The minimum absolute atomic E-state index is 0.416. The van der Waals surface area contributed by atoms with Gasteiger partial charge in [0.05, 0.1) is 17.9 Å². The highest BCUT2D eigenvalue weighted by Crippen LogP contribution is 2.18. The summed E-state index contributed by atoms with van der Waals surface area (Å²) in [6, 6.07) is 16.4. The Kier molecular flexibility index (Phi) is 9.87. The summed E-state index contributed by atoms with van der Waals surface area (Å²) < 4.78 is 5.80. The minimum atomic E-state index is -0.416. The van der Waals surface area contributed by atoms with Crippen molar-refractivity contribution in [3.05, 3.63) is 60.2 Å². The van der Waals surface area contributed by atoms with E-state index in [2.05, 4.69) is 12.4 Å². The van der Waals surface area contributed by atoms with E-state index in [-0.39, 0.29) is 0 Å². The summed E-state index contributed by atoms with van der Waals surface area (Å²) in [4.78, 5) is 17.1. The van der Waals surface area contributed by atoms with Crippen LogP contribution in [-0.2, 0) is 4.84 Å². The van der Waals surface area contributed by atoms with Crippen molar-refractivity contribution in [2.24, 2.45) is 0 Å². The molecule has 0 unspecified atom stereocenters. The minimum Gasteiger partial charge on any atom is -0.494 e. The fourth-order valence-electron chi connectivity index (χ4n) is 2.81. The lowest BCUT2D eigenvalue weighted by Crippen LogP contribution is -2.10. The number of anilines is 1. The van der Waals surface area contributed by atoms with Gasteiger partial charge in [-0.3, -0.25) is 0 Å². The topological polar surface area (TPSA) is 47.6 Å². The lowest BCUT2D eigenvalue weighted by Gasteiger charge is -2.10. The van der Waals surface area contributed by atoms with Crippen LogP contribution in [0.2, 0.25) is 0 Å². The van der Waals surface area contributed by atoms with Gasteiger partial charge in [-0.25, -0.2) is 10.3 Å². The second-order valence-corrected chi connectivity index (χ2v) is 6.71. The van der Waals surface area contributed by atoms with Crippen molar-refractivity contribution >= 4 is 11.7 Å². The summed E-state index contributed by atoms with van der Waals surface area (Å²) in [5.74, 6) is 0.361. The van der Waals surface area contributed by atoms with Crippen LogP contribution in [-0.4, -0.2) is 12.6 Å². The Bertz CT molecular complexity index is 658. The third-order valence-corrected chi connectivity index (χ3v) is 4.37. The molecule has 0 heterocycles. The van der Waals surface area contributed by atoms with E-state index in [9.17, 15) is 4.79 Å². The Morgan fingerprint density at radius 2 is 1.56 bits per heavy atom. The molecule has 0 aliphatic heterocycles. The first-order valence-electron chi connectivity index (χ1n) is 10.0. The third-order valence-electron chi connectivity index (χ3n) is 4.37. The molecular formula is C23H31NO3. The fourth-order valence-corrected chi connectivity index (χ4v) is 2.81. The van der Waals surface area contributed by atoms with Crippen LogP contribution in [0.25, 0.3) is 0 Å². The zero-order valence-electron chi connectivity index (χ0n) is 16.3. The number of nitrogens with one attached hydrogen (secondary N) is 1. The maximum atomic E-state index is 11.9. The van der Waals surface area contributed by atoms with E-state index in [1.54, 1.807) is 24.3 Å². The second-order valence-electron chi connectivity index (χ2n) is 6.71. The molecule has 0 saturated carbocycles. The number of benzene rings is 2. The van der Waals surface area contributed by atoms with Crippen molar-refractivity contribution in [2.75, 3.05) is 12.1 Å². The summed E-state index contributed by atoms with van der Waals surface area (Å²) in [7, 11) is 0. The van der Waals surface area contributed by atoms with Crippen LogP contribution in [0, 0.1) is 0 Å². The summed E-state index contributed by atoms with van der Waals surface area (Å²) in [6.45, 7) is 2.96.